The van der Waals surface area contributed by atoms with Crippen LogP contribution in [0.3, 0.4) is 0 Å². The number of ether oxygens (including phenoxy) is 1. The predicted octanol–water partition coefficient (Wildman–Crippen LogP) is 4.42. The van der Waals surface area contributed by atoms with Crippen molar-refractivity contribution in [3.05, 3.63) is 28.2 Å². The first-order chi connectivity index (χ1) is 12.8. The number of likely N-dealkylation sites (tertiary alicyclic amines) is 1. The average Bonchev–Trinajstić information content (AvgIpc) is 3.01. The summed E-state index contributed by atoms with van der Waals surface area (Å²) in [5.74, 6) is -0.459. The second kappa shape index (κ2) is 8.31. The maximum atomic E-state index is 13.0. The molecule has 0 bridgehead atoms. The SMILES string of the molecule is CC(C(=O)NC(C)(C)c1ccc(Br)cc1N)C1CCCN1C(=O)OC(C)(C)C. The summed E-state index contributed by atoms with van der Waals surface area (Å²) < 4.78 is 6.41. The molecule has 0 aliphatic carbocycles. The minimum atomic E-state index is -0.633. The number of nitrogens with zero attached hydrogens (tertiary/aromatic N) is 1. The highest BCUT2D eigenvalue weighted by Crippen LogP contribution is 2.31. The molecule has 156 valence electrons. The molecule has 2 unspecified atom stereocenters. The number of nitrogens with one attached hydrogen (secondary N) is 1. The number of amides is 2. The van der Waals surface area contributed by atoms with Crippen LogP contribution in [0.5, 0.6) is 0 Å². The van der Waals surface area contributed by atoms with Crippen LogP contribution in [0.15, 0.2) is 22.7 Å². The van der Waals surface area contributed by atoms with Gasteiger partial charge in [0.15, 0.2) is 0 Å². The number of benzene rings is 1. The van der Waals surface area contributed by atoms with Gasteiger partial charge in [0.2, 0.25) is 5.91 Å². The fraction of sp³-hybridized carbons (Fsp3) is 0.619. The Hall–Kier alpha value is -1.76. The minimum absolute atomic E-state index is 0.104. The molecule has 1 saturated heterocycles. The third kappa shape index (κ3) is 5.40. The van der Waals surface area contributed by atoms with E-state index in [4.69, 9.17) is 10.5 Å². The number of hydrogen-bond acceptors (Lipinski definition) is 4. The highest BCUT2D eigenvalue weighted by atomic mass is 79.9. The van der Waals surface area contributed by atoms with Crippen molar-refractivity contribution in [2.75, 3.05) is 12.3 Å². The van der Waals surface area contributed by atoms with Crippen LogP contribution < -0.4 is 11.1 Å². The van der Waals surface area contributed by atoms with Gasteiger partial charge < -0.3 is 20.7 Å². The normalized spacial score (nSPS) is 18.7. The van der Waals surface area contributed by atoms with Gasteiger partial charge in [-0.3, -0.25) is 4.79 Å². The zero-order valence-electron chi connectivity index (χ0n) is 17.6. The molecule has 1 fully saturated rings. The molecule has 2 atom stereocenters. The van der Waals surface area contributed by atoms with Crippen molar-refractivity contribution < 1.29 is 14.3 Å². The number of carbonyl (C=O) groups is 2. The van der Waals surface area contributed by atoms with Gasteiger partial charge in [0.05, 0.1) is 11.5 Å². The third-order valence-electron chi connectivity index (χ3n) is 5.04. The molecule has 2 rings (SSSR count). The summed E-state index contributed by atoms with van der Waals surface area (Å²) >= 11 is 3.41. The zero-order chi connectivity index (χ0) is 21.3. The number of nitrogens with two attached hydrogens (primary N) is 1. The first kappa shape index (κ1) is 22.5. The molecule has 3 N–H and O–H groups in total. The molecule has 2 amide bonds. The smallest absolute Gasteiger partial charge is 0.410 e. The summed E-state index contributed by atoms with van der Waals surface area (Å²) in [4.78, 5) is 27.2. The first-order valence-corrected chi connectivity index (χ1v) is 10.5. The maximum Gasteiger partial charge on any atom is 0.410 e. The lowest BCUT2D eigenvalue weighted by atomic mass is 9.90. The van der Waals surface area contributed by atoms with Crippen LogP contribution in [0.25, 0.3) is 0 Å². The number of nitrogen functional groups attached to an aromatic ring is 1. The van der Waals surface area contributed by atoms with Crippen molar-refractivity contribution in [1.29, 1.82) is 0 Å². The van der Waals surface area contributed by atoms with Crippen LogP contribution >= 0.6 is 15.9 Å². The van der Waals surface area contributed by atoms with E-state index in [1.807, 2.05) is 59.7 Å². The molecule has 7 heteroatoms. The van der Waals surface area contributed by atoms with Gasteiger partial charge in [0, 0.05) is 22.7 Å². The molecular weight excluding hydrogens is 422 g/mol. The van der Waals surface area contributed by atoms with Crippen molar-refractivity contribution in [3.63, 3.8) is 0 Å². The van der Waals surface area contributed by atoms with Crippen LogP contribution in [-0.2, 0) is 15.1 Å². The topological polar surface area (TPSA) is 84.7 Å². The monoisotopic (exact) mass is 453 g/mol. The zero-order valence-corrected chi connectivity index (χ0v) is 19.2. The average molecular weight is 454 g/mol. The van der Waals surface area contributed by atoms with Gasteiger partial charge in [0.25, 0.3) is 0 Å². The Balaban J connectivity index is 2.11. The van der Waals surface area contributed by atoms with Gasteiger partial charge in [-0.2, -0.15) is 0 Å². The van der Waals surface area contributed by atoms with Crippen molar-refractivity contribution in [1.82, 2.24) is 10.2 Å². The van der Waals surface area contributed by atoms with E-state index in [1.54, 1.807) is 4.90 Å². The molecule has 0 saturated carbocycles. The Kier molecular flexibility index (Phi) is 6.69. The summed E-state index contributed by atoms with van der Waals surface area (Å²) in [6.07, 6.45) is 1.30. The Morgan fingerprint density at radius 3 is 2.50 bits per heavy atom. The molecule has 0 radical (unpaired) electrons. The van der Waals surface area contributed by atoms with Crippen molar-refractivity contribution in [3.8, 4) is 0 Å². The number of rotatable bonds is 4. The molecule has 1 aliphatic rings. The van der Waals surface area contributed by atoms with Crippen molar-refractivity contribution in [2.45, 2.75) is 71.6 Å². The molecular formula is C21H32BrN3O3. The van der Waals surface area contributed by atoms with Gasteiger partial charge in [-0.25, -0.2) is 4.79 Å². The molecule has 1 aliphatic heterocycles. The standard InChI is InChI=1S/C21H32BrN3O3/c1-13(17-8-7-11-25(17)19(27)28-20(2,3)4)18(26)24-21(5,6)15-10-9-14(22)12-16(15)23/h9-10,12-13,17H,7-8,11,23H2,1-6H3,(H,24,26). The molecule has 1 aromatic rings. The lowest BCUT2D eigenvalue weighted by molar-refractivity contribution is -0.127. The van der Waals surface area contributed by atoms with Gasteiger partial charge in [0.1, 0.15) is 5.60 Å². The van der Waals surface area contributed by atoms with Crippen LogP contribution in [0, 0.1) is 5.92 Å². The fourth-order valence-corrected chi connectivity index (χ4v) is 4.01. The Morgan fingerprint density at radius 1 is 1.29 bits per heavy atom. The largest absolute Gasteiger partial charge is 0.444 e. The summed E-state index contributed by atoms with van der Waals surface area (Å²) in [6.45, 7) is 11.9. The Bertz CT molecular complexity index is 743. The fourth-order valence-electron chi connectivity index (χ4n) is 3.63. The van der Waals surface area contributed by atoms with E-state index in [0.29, 0.717) is 12.2 Å². The van der Waals surface area contributed by atoms with Crippen LogP contribution in [0.2, 0.25) is 0 Å². The lowest BCUT2D eigenvalue weighted by Crippen LogP contribution is -2.50. The van der Waals surface area contributed by atoms with Crippen molar-refractivity contribution >= 4 is 33.6 Å². The molecule has 1 heterocycles. The van der Waals surface area contributed by atoms with E-state index in [-0.39, 0.29) is 24.0 Å². The van der Waals surface area contributed by atoms with E-state index >= 15 is 0 Å². The second-order valence-corrected chi connectivity index (χ2v) is 9.93. The highest BCUT2D eigenvalue weighted by molar-refractivity contribution is 9.10. The predicted molar refractivity (Wildman–Crippen MR) is 115 cm³/mol. The number of hydrogen-bond donors (Lipinski definition) is 2. The van der Waals surface area contributed by atoms with E-state index in [2.05, 4.69) is 21.2 Å². The number of halogens is 1. The number of anilines is 1. The molecule has 1 aromatic carbocycles. The lowest BCUT2D eigenvalue weighted by Gasteiger charge is -2.34. The van der Waals surface area contributed by atoms with Gasteiger partial charge in [-0.1, -0.05) is 28.9 Å². The van der Waals surface area contributed by atoms with E-state index in [1.165, 1.54) is 0 Å². The summed E-state index contributed by atoms with van der Waals surface area (Å²) in [5.41, 5.74) is 6.43. The second-order valence-electron chi connectivity index (χ2n) is 9.02. The third-order valence-corrected chi connectivity index (χ3v) is 5.53. The maximum absolute atomic E-state index is 13.0. The molecule has 6 nitrogen and oxygen atoms in total. The van der Waals surface area contributed by atoms with E-state index in [0.717, 1.165) is 22.9 Å². The molecule has 0 aromatic heterocycles. The van der Waals surface area contributed by atoms with Crippen molar-refractivity contribution in [2.24, 2.45) is 5.92 Å². The summed E-state index contributed by atoms with van der Waals surface area (Å²) in [6, 6.07) is 5.47. The van der Waals surface area contributed by atoms with Gasteiger partial charge in [-0.05, 0) is 65.2 Å². The van der Waals surface area contributed by atoms with Crippen LogP contribution in [0.1, 0.15) is 59.9 Å². The quantitative estimate of drug-likeness (QED) is 0.660. The van der Waals surface area contributed by atoms with E-state index < -0.39 is 11.1 Å². The molecule has 28 heavy (non-hydrogen) atoms. The van der Waals surface area contributed by atoms with E-state index in [9.17, 15) is 9.59 Å². The summed E-state index contributed by atoms with van der Waals surface area (Å²) in [5, 5.41) is 3.10. The van der Waals surface area contributed by atoms with Gasteiger partial charge in [-0.15, -0.1) is 0 Å². The summed E-state index contributed by atoms with van der Waals surface area (Å²) in [7, 11) is 0. The Labute approximate surface area is 176 Å². The van der Waals surface area contributed by atoms with Crippen LogP contribution in [-0.4, -0.2) is 35.1 Å². The highest BCUT2D eigenvalue weighted by Gasteiger charge is 2.39. The first-order valence-electron chi connectivity index (χ1n) is 9.69. The Morgan fingerprint density at radius 2 is 1.93 bits per heavy atom. The molecule has 0 spiro atoms. The van der Waals surface area contributed by atoms with Gasteiger partial charge >= 0.3 is 6.09 Å². The van der Waals surface area contributed by atoms with Crippen LogP contribution in [0.4, 0.5) is 10.5 Å². The minimum Gasteiger partial charge on any atom is -0.444 e. The number of carbonyl (C=O) groups excluding carboxylic acids is 2.